The molecule has 0 fully saturated rings. The molecule has 2 aromatic rings. The third kappa shape index (κ3) is 3.69. The van der Waals surface area contributed by atoms with Gasteiger partial charge >= 0.3 is 0 Å². The molecule has 3 N–H and O–H groups in total. The predicted molar refractivity (Wildman–Crippen MR) is 71.6 cm³/mol. The number of H-pyrrole nitrogens is 1. The summed E-state index contributed by atoms with van der Waals surface area (Å²) in [4.78, 5) is 18.7. The molecule has 0 radical (unpaired) electrons. The first kappa shape index (κ1) is 12.9. The quantitative estimate of drug-likeness (QED) is 0.725. The lowest BCUT2D eigenvalue weighted by atomic mass is 10.1. The molecule has 0 aliphatic rings. The van der Waals surface area contributed by atoms with Gasteiger partial charge in [0.2, 0.25) is 5.95 Å². The van der Waals surface area contributed by atoms with Gasteiger partial charge in [-0.1, -0.05) is 17.9 Å². The molecule has 1 aromatic carbocycles. The Labute approximate surface area is 110 Å². The topological polar surface area (TPSA) is 78.0 Å². The molecule has 96 valence electrons. The maximum Gasteiger partial charge on any atom is 0.258 e. The highest BCUT2D eigenvalue weighted by Crippen LogP contribution is 2.07. The molecule has 5 nitrogen and oxygen atoms in total. The van der Waals surface area contributed by atoms with E-state index in [0.29, 0.717) is 17.9 Å². The molecular weight excluding hydrogens is 242 g/mol. The SMILES string of the molecule is O=C(Nc1ncc[nH]1)c1cccc(C#CCCO)c1. The molecule has 0 saturated heterocycles. The normalized spacial score (nSPS) is 9.53. The van der Waals surface area contributed by atoms with Crippen LogP contribution in [0.25, 0.3) is 0 Å². The van der Waals surface area contributed by atoms with Crippen molar-refractivity contribution < 1.29 is 9.90 Å². The number of aromatic amines is 1. The molecule has 0 atom stereocenters. The lowest BCUT2D eigenvalue weighted by Crippen LogP contribution is -2.12. The van der Waals surface area contributed by atoms with E-state index in [0.717, 1.165) is 5.56 Å². The standard InChI is InChI=1S/C14H13N3O2/c18-9-2-1-4-11-5-3-6-12(10-11)13(19)17-14-15-7-8-16-14/h3,5-8,10,18H,2,9H2,(H2,15,16,17,19). The van der Waals surface area contributed by atoms with Crippen LogP contribution in [0.5, 0.6) is 0 Å². The molecular formula is C14H13N3O2. The summed E-state index contributed by atoms with van der Waals surface area (Å²) in [5, 5.41) is 11.3. The highest BCUT2D eigenvalue weighted by molar-refractivity contribution is 6.03. The van der Waals surface area contributed by atoms with Crippen molar-refractivity contribution in [3.8, 4) is 11.8 Å². The van der Waals surface area contributed by atoms with Crippen LogP contribution in [0.3, 0.4) is 0 Å². The Morgan fingerprint density at radius 3 is 3.11 bits per heavy atom. The van der Waals surface area contributed by atoms with E-state index in [9.17, 15) is 4.79 Å². The number of anilines is 1. The summed E-state index contributed by atoms with van der Waals surface area (Å²) in [5.41, 5.74) is 1.24. The third-order valence-electron chi connectivity index (χ3n) is 2.32. The van der Waals surface area contributed by atoms with Crippen LogP contribution in [0.15, 0.2) is 36.7 Å². The first-order chi connectivity index (χ1) is 9.29. The number of hydrogen-bond donors (Lipinski definition) is 3. The molecule has 19 heavy (non-hydrogen) atoms. The second-order valence-electron chi connectivity index (χ2n) is 3.75. The summed E-state index contributed by atoms with van der Waals surface area (Å²) in [6.45, 7) is 0.0334. The molecule has 0 saturated carbocycles. The molecule has 5 heteroatoms. The molecule has 0 spiro atoms. The van der Waals surface area contributed by atoms with Gasteiger partial charge in [-0.2, -0.15) is 0 Å². The van der Waals surface area contributed by atoms with E-state index >= 15 is 0 Å². The van der Waals surface area contributed by atoms with E-state index in [2.05, 4.69) is 27.1 Å². The minimum absolute atomic E-state index is 0.0334. The van der Waals surface area contributed by atoms with Crippen molar-refractivity contribution in [2.75, 3.05) is 11.9 Å². The first-order valence-corrected chi connectivity index (χ1v) is 5.80. The second kappa shape index (κ2) is 6.38. The van der Waals surface area contributed by atoms with Crippen LogP contribution < -0.4 is 5.32 Å². The Kier molecular flexibility index (Phi) is 4.32. The van der Waals surface area contributed by atoms with Crippen LogP contribution in [0.2, 0.25) is 0 Å². The average molecular weight is 255 g/mol. The third-order valence-corrected chi connectivity index (χ3v) is 2.32. The van der Waals surface area contributed by atoms with Gasteiger partial charge in [0, 0.05) is 29.9 Å². The zero-order valence-corrected chi connectivity index (χ0v) is 10.2. The first-order valence-electron chi connectivity index (χ1n) is 5.80. The van der Waals surface area contributed by atoms with Crippen molar-refractivity contribution in [3.05, 3.63) is 47.8 Å². The van der Waals surface area contributed by atoms with E-state index in [4.69, 9.17) is 5.11 Å². The second-order valence-corrected chi connectivity index (χ2v) is 3.75. The lowest BCUT2D eigenvalue weighted by Gasteiger charge is -2.02. The Hall–Kier alpha value is -2.58. The van der Waals surface area contributed by atoms with Gasteiger partial charge in [0.25, 0.3) is 5.91 Å². The molecule has 2 rings (SSSR count). The summed E-state index contributed by atoms with van der Waals surface area (Å²) in [7, 11) is 0. The van der Waals surface area contributed by atoms with Crippen LogP contribution in [0.1, 0.15) is 22.3 Å². The fourth-order valence-corrected chi connectivity index (χ4v) is 1.47. The molecule has 0 aliphatic carbocycles. The van der Waals surface area contributed by atoms with Crippen molar-refractivity contribution in [3.63, 3.8) is 0 Å². The van der Waals surface area contributed by atoms with Gasteiger partial charge in [-0.15, -0.1) is 0 Å². The Bertz CT molecular complexity index is 609. The number of amides is 1. The largest absolute Gasteiger partial charge is 0.395 e. The number of rotatable bonds is 3. The van der Waals surface area contributed by atoms with Gasteiger partial charge in [0.05, 0.1) is 6.61 Å². The van der Waals surface area contributed by atoms with Gasteiger partial charge < -0.3 is 10.1 Å². The number of benzene rings is 1. The average Bonchev–Trinajstić information content (AvgIpc) is 2.92. The van der Waals surface area contributed by atoms with E-state index in [1.54, 1.807) is 30.6 Å². The van der Waals surface area contributed by atoms with E-state index in [1.807, 2.05) is 6.07 Å². The van der Waals surface area contributed by atoms with Crippen LogP contribution in [0.4, 0.5) is 5.95 Å². The summed E-state index contributed by atoms with van der Waals surface area (Å²) < 4.78 is 0. The van der Waals surface area contributed by atoms with Crippen molar-refractivity contribution in [1.29, 1.82) is 0 Å². The molecule has 0 aliphatic heterocycles. The number of aliphatic hydroxyl groups excluding tert-OH is 1. The zero-order chi connectivity index (χ0) is 13.5. The summed E-state index contributed by atoms with van der Waals surface area (Å²) in [6.07, 6.45) is 3.61. The highest BCUT2D eigenvalue weighted by Gasteiger charge is 2.07. The van der Waals surface area contributed by atoms with Crippen molar-refractivity contribution in [2.24, 2.45) is 0 Å². The van der Waals surface area contributed by atoms with Gasteiger partial charge in [-0.25, -0.2) is 4.98 Å². The lowest BCUT2D eigenvalue weighted by molar-refractivity contribution is 0.102. The number of hydrogen-bond acceptors (Lipinski definition) is 3. The van der Waals surface area contributed by atoms with Crippen molar-refractivity contribution in [2.45, 2.75) is 6.42 Å². The van der Waals surface area contributed by atoms with Gasteiger partial charge in [0.1, 0.15) is 0 Å². The molecule has 1 amide bonds. The number of imidazole rings is 1. The number of aliphatic hydroxyl groups is 1. The summed E-state index contributed by atoms with van der Waals surface area (Å²) in [6, 6.07) is 6.98. The van der Waals surface area contributed by atoms with Crippen LogP contribution in [0, 0.1) is 11.8 Å². The van der Waals surface area contributed by atoms with Gasteiger partial charge in [0.15, 0.2) is 0 Å². The molecule has 1 heterocycles. The fraction of sp³-hybridized carbons (Fsp3) is 0.143. The van der Waals surface area contributed by atoms with Crippen molar-refractivity contribution >= 4 is 11.9 Å². The summed E-state index contributed by atoms with van der Waals surface area (Å²) >= 11 is 0. The van der Waals surface area contributed by atoms with Crippen LogP contribution in [-0.2, 0) is 0 Å². The number of carbonyl (C=O) groups is 1. The summed E-state index contributed by atoms with van der Waals surface area (Å²) in [5.74, 6) is 5.85. The Morgan fingerprint density at radius 1 is 1.47 bits per heavy atom. The number of nitrogens with zero attached hydrogens (tertiary/aromatic N) is 1. The van der Waals surface area contributed by atoms with Gasteiger partial charge in [-0.3, -0.25) is 10.1 Å². The highest BCUT2D eigenvalue weighted by atomic mass is 16.2. The maximum atomic E-state index is 11.9. The van der Waals surface area contributed by atoms with Crippen LogP contribution in [-0.4, -0.2) is 27.6 Å². The molecule has 0 bridgehead atoms. The van der Waals surface area contributed by atoms with E-state index in [-0.39, 0.29) is 12.5 Å². The monoisotopic (exact) mass is 255 g/mol. The Balaban J connectivity index is 2.10. The molecule has 1 aromatic heterocycles. The smallest absolute Gasteiger partial charge is 0.258 e. The zero-order valence-electron chi connectivity index (χ0n) is 10.2. The minimum Gasteiger partial charge on any atom is -0.395 e. The minimum atomic E-state index is -0.249. The fourth-order valence-electron chi connectivity index (χ4n) is 1.47. The number of carbonyl (C=O) groups excluding carboxylic acids is 1. The number of aromatic nitrogens is 2. The van der Waals surface area contributed by atoms with Gasteiger partial charge in [-0.05, 0) is 18.2 Å². The maximum absolute atomic E-state index is 11.9. The predicted octanol–water partition coefficient (Wildman–Crippen LogP) is 1.40. The number of nitrogens with one attached hydrogen (secondary N) is 2. The Morgan fingerprint density at radius 2 is 2.37 bits per heavy atom. The van der Waals surface area contributed by atoms with Crippen LogP contribution >= 0.6 is 0 Å². The molecule has 0 unspecified atom stereocenters. The van der Waals surface area contributed by atoms with E-state index in [1.165, 1.54) is 0 Å². The van der Waals surface area contributed by atoms with Crippen molar-refractivity contribution in [1.82, 2.24) is 9.97 Å². The van der Waals surface area contributed by atoms with E-state index < -0.39 is 0 Å².